The van der Waals surface area contributed by atoms with Gasteiger partial charge in [0.05, 0.1) is 12.3 Å². The zero-order valence-electron chi connectivity index (χ0n) is 11.0. The summed E-state index contributed by atoms with van der Waals surface area (Å²) in [6.07, 6.45) is 0.362. The molecule has 2 heterocycles. The minimum absolute atomic E-state index is 0.0861. The number of aliphatic hydroxyl groups excluding tert-OH is 1. The molecule has 5 heteroatoms. The minimum atomic E-state index is -0.343. The fourth-order valence-electron chi connectivity index (χ4n) is 2.90. The lowest BCUT2D eigenvalue weighted by atomic mass is 10.1. The van der Waals surface area contributed by atoms with Crippen LogP contribution in [0.4, 0.5) is 10.1 Å². The lowest BCUT2D eigenvalue weighted by Crippen LogP contribution is -2.52. The summed E-state index contributed by atoms with van der Waals surface area (Å²) < 4.78 is 20.0. The van der Waals surface area contributed by atoms with Gasteiger partial charge in [0, 0.05) is 32.1 Å². The van der Waals surface area contributed by atoms with Crippen LogP contribution in [0.2, 0.25) is 0 Å². The number of aliphatic hydroxyl groups is 1. The van der Waals surface area contributed by atoms with E-state index in [1.54, 1.807) is 13.0 Å². The average molecular weight is 266 g/mol. The fraction of sp³-hybridized carbons (Fsp3) is 0.571. The number of hydrogen-bond donors (Lipinski definition) is 2. The molecular formula is C14H19FN2O2. The Morgan fingerprint density at radius 3 is 3.16 bits per heavy atom. The molecule has 0 bridgehead atoms. The first-order chi connectivity index (χ1) is 9.20. The van der Waals surface area contributed by atoms with Gasteiger partial charge in [0.1, 0.15) is 6.10 Å². The molecule has 4 nitrogen and oxygen atoms in total. The molecule has 104 valence electrons. The van der Waals surface area contributed by atoms with Gasteiger partial charge in [0.25, 0.3) is 0 Å². The third-order valence-electron chi connectivity index (χ3n) is 3.95. The highest BCUT2D eigenvalue weighted by Crippen LogP contribution is 2.38. The Balaban J connectivity index is 2.07. The van der Waals surface area contributed by atoms with Crippen LogP contribution in [0.3, 0.4) is 0 Å². The van der Waals surface area contributed by atoms with Crippen molar-refractivity contribution in [1.29, 1.82) is 0 Å². The van der Waals surface area contributed by atoms with Gasteiger partial charge in [0.15, 0.2) is 11.6 Å². The van der Waals surface area contributed by atoms with E-state index in [1.807, 2.05) is 6.07 Å². The van der Waals surface area contributed by atoms with Crippen molar-refractivity contribution in [1.82, 2.24) is 5.32 Å². The average Bonchev–Trinajstić information content (AvgIpc) is 2.60. The van der Waals surface area contributed by atoms with Crippen molar-refractivity contribution in [3.05, 3.63) is 23.5 Å². The van der Waals surface area contributed by atoms with E-state index in [0.717, 1.165) is 25.3 Å². The van der Waals surface area contributed by atoms with Crippen LogP contribution < -0.4 is 15.0 Å². The fourth-order valence-corrected chi connectivity index (χ4v) is 2.90. The third-order valence-corrected chi connectivity index (χ3v) is 3.95. The molecule has 19 heavy (non-hydrogen) atoms. The molecule has 3 rings (SSSR count). The van der Waals surface area contributed by atoms with E-state index >= 15 is 0 Å². The van der Waals surface area contributed by atoms with Gasteiger partial charge in [-0.05, 0) is 18.6 Å². The first-order valence-electron chi connectivity index (χ1n) is 6.74. The largest absolute Gasteiger partial charge is 0.483 e. The Morgan fingerprint density at radius 2 is 2.37 bits per heavy atom. The van der Waals surface area contributed by atoms with Crippen LogP contribution in [-0.4, -0.2) is 43.5 Å². The number of hydrogen-bond acceptors (Lipinski definition) is 4. The maximum Gasteiger partial charge on any atom is 0.179 e. The van der Waals surface area contributed by atoms with E-state index in [9.17, 15) is 9.50 Å². The number of halogens is 1. The predicted octanol–water partition coefficient (Wildman–Crippen LogP) is 1.06. The van der Waals surface area contributed by atoms with Crippen LogP contribution in [0, 0.1) is 12.7 Å². The zero-order valence-corrected chi connectivity index (χ0v) is 11.0. The molecule has 0 aromatic heterocycles. The van der Waals surface area contributed by atoms with Crippen molar-refractivity contribution in [2.24, 2.45) is 0 Å². The number of piperazine rings is 1. The van der Waals surface area contributed by atoms with Crippen molar-refractivity contribution >= 4 is 5.69 Å². The van der Waals surface area contributed by atoms with E-state index in [0.29, 0.717) is 17.7 Å². The molecule has 0 spiro atoms. The molecular weight excluding hydrogens is 247 g/mol. The van der Waals surface area contributed by atoms with Gasteiger partial charge >= 0.3 is 0 Å². The van der Waals surface area contributed by atoms with E-state index in [-0.39, 0.29) is 24.6 Å². The quantitative estimate of drug-likeness (QED) is 0.797. The molecule has 0 saturated carbocycles. The van der Waals surface area contributed by atoms with Crippen molar-refractivity contribution in [3.63, 3.8) is 0 Å². The molecule has 2 atom stereocenters. The van der Waals surface area contributed by atoms with Crippen LogP contribution in [0.1, 0.15) is 12.0 Å². The molecule has 1 saturated heterocycles. The van der Waals surface area contributed by atoms with E-state index < -0.39 is 0 Å². The van der Waals surface area contributed by atoms with Gasteiger partial charge in [-0.15, -0.1) is 0 Å². The first kappa shape index (κ1) is 12.7. The van der Waals surface area contributed by atoms with Gasteiger partial charge in [-0.3, -0.25) is 0 Å². The summed E-state index contributed by atoms with van der Waals surface area (Å²) in [5.74, 6) is -0.0152. The van der Waals surface area contributed by atoms with Gasteiger partial charge < -0.3 is 20.1 Å². The standard InChI is InChI=1S/C14H19FN2O2/c1-9-2-3-12-14(13(9)15)19-11(8-18)6-10-7-16-4-5-17(10)12/h2-3,10-11,16,18H,4-8H2,1H3/t10-,11+/m1/s1. The molecule has 0 radical (unpaired) electrons. The van der Waals surface area contributed by atoms with Crippen LogP contribution in [0.15, 0.2) is 12.1 Å². The van der Waals surface area contributed by atoms with Crippen molar-refractivity contribution < 1.29 is 14.2 Å². The van der Waals surface area contributed by atoms with E-state index in [4.69, 9.17) is 4.74 Å². The summed E-state index contributed by atoms with van der Waals surface area (Å²) in [5, 5.41) is 12.7. The first-order valence-corrected chi connectivity index (χ1v) is 6.74. The van der Waals surface area contributed by atoms with Gasteiger partial charge in [-0.25, -0.2) is 4.39 Å². The van der Waals surface area contributed by atoms with E-state index in [2.05, 4.69) is 10.2 Å². The Morgan fingerprint density at radius 1 is 1.53 bits per heavy atom. The number of aryl methyl sites for hydroxylation is 1. The van der Waals surface area contributed by atoms with Gasteiger partial charge in [0.2, 0.25) is 0 Å². The summed E-state index contributed by atoms with van der Waals surface area (Å²) in [6, 6.07) is 3.95. The molecule has 2 aliphatic heterocycles. The number of rotatable bonds is 1. The normalized spacial score (nSPS) is 26.2. The monoisotopic (exact) mass is 266 g/mol. The highest BCUT2D eigenvalue weighted by molar-refractivity contribution is 5.62. The maximum atomic E-state index is 14.3. The molecule has 1 aromatic carbocycles. The number of fused-ring (bicyclic) bond motifs is 3. The second-order valence-corrected chi connectivity index (χ2v) is 5.25. The van der Waals surface area contributed by atoms with Crippen molar-refractivity contribution in [2.45, 2.75) is 25.5 Å². The third kappa shape index (κ3) is 2.17. The van der Waals surface area contributed by atoms with Crippen LogP contribution >= 0.6 is 0 Å². The lowest BCUT2D eigenvalue weighted by Gasteiger charge is -2.37. The number of nitrogens with one attached hydrogen (secondary N) is 1. The molecule has 1 fully saturated rings. The summed E-state index contributed by atoms with van der Waals surface area (Å²) in [6.45, 7) is 4.20. The van der Waals surface area contributed by atoms with Gasteiger partial charge in [-0.2, -0.15) is 0 Å². The Hall–Kier alpha value is -1.33. The summed E-state index contributed by atoms with van der Waals surface area (Å²) in [7, 11) is 0. The van der Waals surface area contributed by atoms with Crippen molar-refractivity contribution in [3.8, 4) is 5.75 Å². The number of benzene rings is 1. The molecule has 1 aromatic rings. The zero-order chi connectivity index (χ0) is 13.4. The van der Waals surface area contributed by atoms with Gasteiger partial charge in [-0.1, -0.05) is 6.07 Å². The van der Waals surface area contributed by atoms with E-state index in [1.165, 1.54) is 0 Å². The molecule has 2 N–H and O–H groups in total. The molecule has 2 aliphatic rings. The SMILES string of the molecule is Cc1ccc2c(c1F)O[C@H](CO)C[C@@H]1CNCCN21. The topological polar surface area (TPSA) is 44.7 Å². The summed E-state index contributed by atoms with van der Waals surface area (Å²) in [4.78, 5) is 2.20. The Bertz CT molecular complexity index is 481. The number of nitrogens with zero attached hydrogens (tertiary/aromatic N) is 1. The highest BCUT2D eigenvalue weighted by atomic mass is 19.1. The smallest absolute Gasteiger partial charge is 0.179 e. The van der Waals surface area contributed by atoms with Crippen LogP contribution in [0.25, 0.3) is 0 Å². The second kappa shape index (κ2) is 4.98. The maximum absolute atomic E-state index is 14.3. The second-order valence-electron chi connectivity index (χ2n) is 5.25. The van der Waals surface area contributed by atoms with Crippen molar-refractivity contribution in [2.75, 3.05) is 31.1 Å². The number of anilines is 1. The summed E-state index contributed by atoms with van der Waals surface area (Å²) in [5.41, 5.74) is 1.38. The molecule has 0 amide bonds. The Labute approximate surface area is 112 Å². The minimum Gasteiger partial charge on any atom is -0.483 e. The molecule has 0 aliphatic carbocycles. The van der Waals surface area contributed by atoms with Crippen LogP contribution in [0.5, 0.6) is 5.75 Å². The lowest BCUT2D eigenvalue weighted by molar-refractivity contribution is 0.103. The highest BCUT2D eigenvalue weighted by Gasteiger charge is 2.33. The predicted molar refractivity (Wildman–Crippen MR) is 71.3 cm³/mol. The Kier molecular flexibility index (Phi) is 3.33. The molecule has 0 unspecified atom stereocenters. The summed E-state index contributed by atoms with van der Waals surface area (Å²) >= 11 is 0. The van der Waals surface area contributed by atoms with Crippen LogP contribution in [-0.2, 0) is 0 Å². The number of ether oxygens (including phenoxy) is 1.